The molecule has 3 heterocycles. The highest BCUT2D eigenvalue weighted by molar-refractivity contribution is 6.00. The second kappa shape index (κ2) is 5.70. The number of fused-ring (bicyclic) bond motifs is 1. The third-order valence-corrected chi connectivity index (χ3v) is 4.71. The van der Waals surface area contributed by atoms with Crippen molar-refractivity contribution in [3.63, 3.8) is 0 Å². The Labute approximate surface area is 133 Å². The molecule has 1 N–H and O–H groups in total. The van der Waals surface area contributed by atoms with E-state index >= 15 is 0 Å². The fourth-order valence-electron chi connectivity index (χ4n) is 3.55. The van der Waals surface area contributed by atoms with Crippen molar-refractivity contribution in [2.45, 2.75) is 0 Å². The highest BCUT2D eigenvalue weighted by Crippen LogP contribution is 2.30. The lowest BCUT2D eigenvalue weighted by Crippen LogP contribution is -2.32. The molecule has 2 aromatic rings. The number of carbonyl (C=O) groups excluding carboxylic acids is 1. The summed E-state index contributed by atoms with van der Waals surface area (Å²) < 4.78 is 14.4. The average molecular weight is 312 g/mol. The quantitative estimate of drug-likeness (QED) is 0.914. The molecule has 0 aliphatic carbocycles. The molecule has 1 amide bonds. The highest BCUT2D eigenvalue weighted by atomic mass is 19.1. The summed E-state index contributed by atoms with van der Waals surface area (Å²) in [6, 6.07) is 6.29. The van der Waals surface area contributed by atoms with Crippen LogP contribution in [0.15, 0.2) is 36.7 Å². The number of benzene rings is 1. The van der Waals surface area contributed by atoms with Gasteiger partial charge in [-0.25, -0.2) is 14.4 Å². The topological polar surface area (TPSA) is 58.1 Å². The molecule has 0 radical (unpaired) electrons. The summed E-state index contributed by atoms with van der Waals surface area (Å²) >= 11 is 0. The molecule has 5 nitrogen and oxygen atoms in total. The van der Waals surface area contributed by atoms with E-state index in [2.05, 4.69) is 15.3 Å². The molecule has 2 atom stereocenters. The van der Waals surface area contributed by atoms with Crippen molar-refractivity contribution in [2.75, 3.05) is 26.2 Å². The standard InChI is InChI=1S/C17H17FN4O/c18-14-4-1-3-13(16-20-5-2-6-21-16)15(14)17(23)22-9-11-7-19-8-12(11)10-22/h1-6,11-12,19H,7-10H2/t11-,12+. The summed E-state index contributed by atoms with van der Waals surface area (Å²) in [5.41, 5.74) is 0.525. The SMILES string of the molecule is O=C(c1c(F)cccc1-c1ncccn1)N1C[C@H]2CNC[C@H]2C1. The Balaban J connectivity index is 1.70. The summed E-state index contributed by atoms with van der Waals surface area (Å²) in [5, 5.41) is 3.34. The maximum absolute atomic E-state index is 14.4. The van der Waals surface area contributed by atoms with Gasteiger partial charge in [0.1, 0.15) is 5.82 Å². The average Bonchev–Trinajstić information content (AvgIpc) is 3.16. The molecular formula is C17H17FN4O. The van der Waals surface area contributed by atoms with Crippen LogP contribution in [0.1, 0.15) is 10.4 Å². The molecule has 23 heavy (non-hydrogen) atoms. The maximum atomic E-state index is 14.4. The van der Waals surface area contributed by atoms with Gasteiger partial charge in [-0.05, 0) is 24.0 Å². The Morgan fingerprint density at radius 3 is 2.52 bits per heavy atom. The lowest BCUT2D eigenvalue weighted by Gasteiger charge is -2.19. The molecule has 0 saturated carbocycles. The fraction of sp³-hybridized carbons (Fsp3) is 0.353. The van der Waals surface area contributed by atoms with Gasteiger partial charge in [-0.1, -0.05) is 12.1 Å². The lowest BCUT2D eigenvalue weighted by atomic mass is 10.0. The second-order valence-electron chi connectivity index (χ2n) is 6.12. The number of amides is 1. The smallest absolute Gasteiger partial charge is 0.257 e. The van der Waals surface area contributed by atoms with Crippen LogP contribution in [0, 0.1) is 17.7 Å². The number of halogens is 1. The van der Waals surface area contributed by atoms with Gasteiger partial charge in [-0.15, -0.1) is 0 Å². The summed E-state index contributed by atoms with van der Waals surface area (Å²) in [5.74, 6) is 0.538. The zero-order chi connectivity index (χ0) is 15.8. The number of hydrogen-bond donors (Lipinski definition) is 1. The molecule has 2 fully saturated rings. The molecular weight excluding hydrogens is 295 g/mol. The first-order valence-corrected chi connectivity index (χ1v) is 7.80. The van der Waals surface area contributed by atoms with Gasteiger partial charge in [-0.2, -0.15) is 0 Å². The lowest BCUT2D eigenvalue weighted by molar-refractivity contribution is 0.0778. The van der Waals surface area contributed by atoms with Gasteiger partial charge in [-0.3, -0.25) is 4.79 Å². The van der Waals surface area contributed by atoms with E-state index in [-0.39, 0.29) is 11.5 Å². The summed E-state index contributed by atoms with van der Waals surface area (Å²) in [6.45, 7) is 3.22. The summed E-state index contributed by atoms with van der Waals surface area (Å²) in [4.78, 5) is 23.0. The van der Waals surface area contributed by atoms with Crippen molar-refractivity contribution in [1.82, 2.24) is 20.2 Å². The minimum Gasteiger partial charge on any atom is -0.338 e. The first-order chi connectivity index (χ1) is 11.2. The van der Waals surface area contributed by atoms with Gasteiger partial charge in [0, 0.05) is 44.1 Å². The van der Waals surface area contributed by atoms with Crippen LogP contribution in [-0.2, 0) is 0 Å². The zero-order valence-electron chi connectivity index (χ0n) is 12.6. The van der Waals surface area contributed by atoms with E-state index in [0.29, 0.717) is 36.3 Å². The molecule has 118 valence electrons. The van der Waals surface area contributed by atoms with Gasteiger partial charge in [0.25, 0.3) is 5.91 Å². The fourth-order valence-corrected chi connectivity index (χ4v) is 3.55. The van der Waals surface area contributed by atoms with E-state index in [1.54, 1.807) is 35.5 Å². The predicted molar refractivity (Wildman–Crippen MR) is 83.2 cm³/mol. The largest absolute Gasteiger partial charge is 0.338 e. The van der Waals surface area contributed by atoms with Crippen molar-refractivity contribution in [2.24, 2.45) is 11.8 Å². The Bertz CT molecular complexity index is 725. The molecule has 2 aliphatic rings. The first-order valence-electron chi connectivity index (χ1n) is 7.80. The van der Waals surface area contributed by atoms with Gasteiger partial charge in [0.15, 0.2) is 5.82 Å². The number of nitrogens with zero attached hydrogens (tertiary/aromatic N) is 3. The highest BCUT2D eigenvalue weighted by Gasteiger charge is 2.39. The van der Waals surface area contributed by atoms with Crippen LogP contribution in [0.4, 0.5) is 4.39 Å². The van der Waals surface area contributed by atoms with Gasteiger partial charge >= 0.3 is 0 Å². The van der Waals surface area contributed by atoms with E-state index in [4.69, 9.17) is 0 Å². The van der Waals surface area contributed by atoms with Crippen molar-refractivity contribution in [1.29, 1.82) is 0 Å². The number of hydrogen-bond acceptors (Lipinski definition) is 4. The predicted octanol–water partition coefficient (Wildman–Crippen LogP) is 1.57. The third-order valence-electron chi connectivity index (χ3n) is 4.71. The monoisotopic (exact) mass is 312 g/mol. The molecule has 1 aromatic carbocycles. The van der Waals surface area contributed by atoms with E-state index < -0.39 is 5.82 Å². The Hall–Kier alpha value is -2.34. The van der Waals surface area contributed by atoms with Crippen molar-refractivity contribution in [3.05, 3.63) is 48.0 Å². The first kappa shape index (κ1) is 14.3. The van der Waals surface area contributed by atoms with E-state index in [9.17, 15) is 9.18 Å². The Kier molecular flexibility index (Phi) is 3.53. The molecule has 0 spiro atoms. The van der Waals surface area contributed by atoms with Crippen molar-refractivity contribution in [3.8, 4) is 11.4 Å². The molecule has 2 aliphatic heterocycles. The maximum Gasteiger partial charge on any atom is 0.257 e. The molecule has 0 unspecified atom stereocenters. The van der Waals surface area contributed by atoms with Gasteiger partial charge in [0.2, 0.25) is 0 Å². The van der Waals surface area contributed by atoms with Gasteiger partial charge < -0.3 is 10.2 Å². The second-order valence-corrected chi connectivity index (χ2v) is 6.12. The third kappa shape index (κ3) is 2.49. The van der Waals surface area contributed by atoms with Crippen molar-refractivity contribution < 1.29 is 9.18 Å². The summed E-state index contributed by atoms with van der Waals surface area (Å²) in [7, 11) is 0. The molecule has 6 heteroatoms. The molecule has 2 saturated heterocycles. The molecule has 1 aromatic heterocycles. The zero-order valence-corrected chi connectivity index (χ0v) is 12.6. The van der Waals surface area contributed by atoms with Crippen LogP contribution in [0.5, 0.6) is 0 Å². The number of likely N-dealkylation sites (tertiary alicyclic amines) is 1. The van der Waals surface area contributed by atoms with Crippen molar-refractivity contribution >= 4 is 5.91 Å². The Morgan fingerprint density at radius 1 is 1.13 bits per heavy atom. The normalized spacial score (nSPS) is 23.1. The van der Waals surface area contributed by atoms with Crippen LogP contribution in [0.3, 0.4) is 0 Å². The molecule has 4 rings (SSSR count). The van der Waals surface area contributed by atoms with Crippen LogP contribution in [0.25, 0.3) is 11.4 Å². The van der Waals surface area contributed by atoms with Gasteiger partial charge in [0.05, 0.1) is 5.56 Å². The number of carbonyl (C=O) groups is 1. The number of rotatable bonds is 2. The van der Waals surface area contributed by atoms with Crippen LogP contribution in [-0.4, -0.2) is 47.0 Å². The number of nitrogens with one attached hydrogen (secondary N) is 1. The summed E-state index contributed by atoms with van der Waals surface area (Å²) in [6.07, 6.45) is 3.18. The van der Waals surface area contributed by atoms with E-state index in [1.165, 1.54) is 6.07 Å². The minimum absolute atomic E-state index is 0.0756. The van der Waals surface area contributed by atoms with E-state index in [0.717, 1.165) is 13.1 Å². The molecule has 0 bridgehead atoms. The number of aromatic nitrogens is 2. The minimum atomic E-state index is -0.518. The van der Waals surface area contributed by atoms with E-state index in [1.807, 2.05) is 0 Å². The van der Waals surface area contributed by atoms with Crippen LogP contribution in [0.2, 0.25) is 0 Å². The van der Waals surface area contributed by atoms with Crippen LogP contribution < -0.4 is 5.32 Å². The van der Waals surface area contributed by atoms with Crippen LogP contribution >= 0.6 is 0 Å². The Morgan fingerprint density at radius 2 is 1.83 bits per heavy atom.